The van der Waals surface area contributed by atoms with Gasteiger partial charge in [-0.25, -0.2) is 0 Å². The van der Waals surface area contributed by atoms with Gasteiger partial charge in [0, 0.05) is 24.1 Å². The van der Waals surface area contributed by atoms with Crippen LogP contribution in [0.5, 0.6) is 5.75 Å². The van der Waals surface area contributed by atoms with Gasteiger partial charge >= 0.3 is 0 Å². The van der Waals surface area contributed by atoms with Crippen LogP contribution in [-0.2, 0) is 16.9 Å². The van der Waals surface area contributed by atoms with Crippen LogP contribution in [-0.4, -0.2) is 42.9 Å². The highest BCUT2D eigenvalue weighted by Crippen LogP contribution is 2.41. The number of hydrogen-bond donors (Lipinski definition) is 3. The Hall–Kier alpha value is -3.59. The number of furan rings is 1. The van der Waals surface area contributed by atoms with E-state index in [1.807, 2.05) is 25.1 Å². The molecule has 0 aliphatic carbocycles. The molecule has 1 atom stereocenters. The number of ether oxygens (including phenoxy) is 1. The Labute approximate surface area is 191 Å². The van der Waals surface area contributed by atoms with E-state index >= 15 is 0 Å². The zero-order valence-electron chi connectivity index (χ0n) is 18.9. The summed E-state index contributed by atoms with van der Waals surface area (Å²) in [4.78, 5) is 32.5. The van der Waals surface area contributed by atoms with E-state index < -0.39 is 5.54 Å². The lowest BCUT2D eigenvalue weighted by Crippen LogP contribution is -2.52. The van der Waals surface area contributed by atoms with Crippen molar-refractivity contribution in [2.45, 2.75) is 38.8 Å². The van der Waals surface area contributed by atoms with Crippen LogP contribution in [0.2, 0.25) is 0 Å². The summed E-state index contributed by atoms with van der Waals surface area (Å²) in [6.45, 7) is 4.89. The highest BCUT2D eigenvalue weighted by molar-refractivity contribution is 6.00. The molecule has 5 rings (SSSR count). The van der Waals surface area contributed by atoms with Crippen molar-refractivity contribution < 1.29 is 18.7 Å². The number of amidine groups is 1. The molecular formula is C24H27N5O4. The smallest absolute Gasteiger partial charge is 0.254 e. The van der Waals surface area contributed by atoms with Crippen LogP contribution in [0.3, 0.4) is 0 Å². The Balaban J connectivity index is 1.54. The van der Waals surface area contributed by atoms with E-state index in [0.29, 0.717) is 41.8 Å². The van der Waals surface area contributed by atoms with Gasteiger partial charge in [0.2, 0.25) is 5.88 Å². The first-order valence-electron chi connectivity index (χ1n) is 11.0. The molecule has 4 N–H and O–H groups in total. The first-order valence-corrected chi connectivity index (χ1v) is 11.0. The van der Waals surface area contributed by atoms with Crippen LogP contribution in [0.1, 0.15) is 53.9 Å². The number of carbonyl (C=O) groups excluding carboxylic acids is 2. The van der Waals surface area contributed by atoms with Gasteiger partial charge in [0.05, 0.1) is 20.3 Å². The summed E-state index contributed by atoms with van der Waals surface area (Å²) in [6, 6.07) is 7.31. The summed E-state index contributed by atoms with van der Waals surface area (Å²) in [5.41, 5.74) is 9.43. The Kier molecular flexibility index (Phi) is 5.01. The molecule has 1 fully saturated rings. The number of nitrogens with one attached hydrogen (secondary N) is 2. The lowest BCUT2D eigenvalue weighted by molar-refractivity contribution is -0.125. The van der Waals surface area contributed by atoms with Crippen LogP contribution in [0, 0.1) is 0 Å². The van der Waals surface area contributed by atoms with Crippen LogP contribution in [0.15, 0.2) is 39.2 Å². The number of carbonyl (C=O) groups is 2. The second-order valence-electron chi connectivity index (χ2n) is 8.64. The molecule has 9 nitrogen and oxygen atoms in total. The molecule has 0 saturated carbocycles. The third kappa shape index (κ3) is 3.31. The average molecular weight is 450 g/mol. The fraction of sp³-hybridized carbons (Fsp3) is 0.375. The largest absolute Gasteiger partial charge is 0.497 e. The van der Waals surface area contributed by atoms with Crippen molar-refractivity contribution in [1.82, 2.24) is 15.5 Å². The number of amides is 2. The van der Waals surface area contributed by atoms with Crippen LogP contribution >= 0.6 is 0 Å². The van der Waals surface area contributed by atoms with E-state index in [2.05, 4.69) is 22.5 Å². The van der Waals surface area contributed by atoms with Gasteiger partial charge in [-0.1, -0.05) is 18.6 Å². The van der Waals surface area contributed by atoms with Crippen molar-refractivity contribution in [2.75, 3.05) is 20.3 Å². The number of methoxy groups -OCH3 is 1. The topological polar surface area (TPSA) is 122 Å². The second kappa shape index (κ2) is 7.77. The molecule has 2 amide bonds. The fourth-order valence-electron chi connectivity index (χ4n) is 4.84. The molecule has 1 aromatic carbocycles. The van der Waals surface area contributed by atoms with Crippen LogP contribution in [0.4, 0.5) is 5.88 Å². The third-order valence-corrected chi connectivity index (χ3v) is 6.78. The van der Waals surface area contributed by atoms with E-state index in [9.17, 15) is 9.59 Å². The van der Waals surface area contributed by atoms with Crippen molar-refractivity contribution in [3.8, 4) is 5.75 Å². The normalized spacial score (nSPS) is 22.2. The van der Waals surface area contributed by atoms with Crippen molar-refractivity contribution in [2.24, 2.45) is 10.7 Å². The van der Waals surface area contributed by atoms with E-state index in [1.54, 1.807) is 18.1 Å². The number of hydrogen-bond acceptors (Lipinski definition) is 7. The van der Waals surface area contributed by atoms with Gasteiger partial charge < -0.3 is 25.1 Å². The molecule has 0 radical (unpaired) electrons. The molecule has 1 unspecified atom stereocenters. The summed E-state index contributed by atoms with van der Waals surface area (Å²) in [7, 11) is 1.57. The molecule has 9 heteroatoms. The van der Waals surface area contributed by atoms with Gasteiger partial charge in [0.1, 0.15) is 17.3 Å². The SMILES string of the molecule is CCC1=C(C)c2cc(C3(CN4Cc5ccc(OC)cc5C4=O)NCNC3=O)oc2N=C(N)C1. The van der Waals surface area contributed by atoms with Crippen molar-refractivity contribution >= 4 is 29.1 Å². The molecule has 2 aromatic rings. The Morgan fingerprint density at radius 3 is 2.79 bits per heavy atom. The molecule has 1 aromatic heterocycles. The number of fused-ring (bicyclic) bond motifs is 2. The summed E-state index contributed by atoms with van der Waals surface area (Å²) in [5.74, 6) is 1.51. The maximum Gasteiger partial charge on any atom is 0.254 e. The molecule has 172 valence electrons. The number of nitrogens with two attached hydrogens (primary N) is 1. The number of benzene rings is 1. The zero-order valence-corrected chi connectivity index (χ0v) is 18.9. The van der Waals surface area contributed by atoms with Gasteiger partial charge in [0.25, 0.3) is 11.8 Å². The van der Waals surface area contributed by atoms with Crippen LogP contribution in [0.25, 0.3) is 5.57 Å². The van der Waals surface area contributed by atoms with E-state index in [1.165, 1.54) is 5.57 Å². The molecule has 0 spiro atoms. The molecule has 0 bridgehead atoms. The second-order valence-corrected chi connectivity index (χ2v) is 8.64. The monoisotopic (exact) mass is 449 g/mol. The maximum absolute atomic E-state index is 13.2. The number of rotatable bonds is 5. The van der Waals surface area contributed by atoms with Crippen molar-refractivity contribution in [3.63, 3.8) is 0 Å². The standard InChI is InChI=1S/C24H27N5O4/c1-4-14-7-20(25)28-21-17(13(14)2)9-19(33-21)24(23(31)26-12-27-24)11-29-10-15-5-6-16(32-3)8-18(15)22(29)30/h5-6,8-9,27H,4,7,10-12H2,1-3H3,(H2,25,28)(H,26,31). The summed E-state index contributed by atoms with van der Waals surface area (Å²) < 4.78 is 11.4. The lowest BCUT2D eigenvalue weighted by Gasteiger charge is -2.29. The zero-order chi connectivity index (χ0) is 23.3. The molecule has 3 aliphatic heterocycles. The molecular weight excluding hydrogens is 422 g/mol. The molecule has 1 saturated heterocycles. The highest BCUT2D eigenvalue weighted by Gasteiger charge is 2.50. The minimum absolute atomic E-state index is 0.115. The summed E-state index contributed by atoms with van der Waals surface area (Å²) in [5, 5.41) is 6.07. The first kappa shape index (κ1) is 21.3. The fourth-order valence-corrected chi connectivity index (χ4v) is 4.84. The van der Waals surface area contributed by atoms with Crippen LogP contribution < -0.4 is 21.1 Å². The van der Waals surface area contributed by atoms with E-state index in [-0.39, 0.29) is 25.0 Å². The van der Waals surface area contributed by atoms with Gasteiger partial charge in [0.15, 0.2) is 5.54 Å². The number of aliphatic imine (C=N–C) groups is 1. The van der Waals surface area contributed by atoms with Gasteiger partial charge in [-0.15, -0.1) is 0 Å². The predicted molar refractivity (Wildman–Crippen MR) is 123 cm³/mol. The first-order chi connectivity index (χ1) is 15.9. The number of nitrogens with zero attached hydrogens (tertiary/aromatic N) is 2. The Morgan fingerprint density at radius 1 is 1.27 bits per heavy atom. The van der Waals surface area contributed by atoms with E-state index in [0.717, 1.165) is 23.1 Å². The summed E-state index contributed by atoms with van der Waals surface area (Å²) in [6.07, 6.45) is 1.44. The summed E-state index contributed by atoms with van der Waals surface area (Å²) >= 11 is 0. The van der Waals surface area contributed by atoms with E-state index in [4.69, 9.17) is 14.9 Å². The molecule has 4 heterocycles. The van der Waals surface area contributed by atoms with Gasteiger partial charge in [-0.05, 0) is 42.7 Å². The Bertz CT molecular complexity index is 1230. The molecule has 33 heavy (non-hydrogen) atoms. The lowest BCUT2D eigenvalue weighted by atomic mass is 9.93. The Morgan fingerprint density at radius 2 is 2.09 bits per heavy atom. The highest BCUT2D eigenvalue weighted by atomic mass is 16.5. The van der Waals surface area contributed by atoms with Gasteiger partial charge in [-0.2, -0.15) is 4.99 Å². The van der Waals surface area contributed by atoms with Gasteiger partial charge in [-0.3, -0.25) is 14.9 Å². The third-order valence-electron chi connectivity index (χ3n) is 6.78. The molecule has 3 aliphatic rings. The number of allylic oxidation sites excluding steroid dienone is 1. The maximum atomic E-state index is 13.2. The quantitative estimate of drug-likeness (QED) is 0.644. The van der Waals surface area contributed by atoms with Crippen molar-refractivity contribution in [3.05, 3.63) is 52.3 Å². The minimum Gasteiger partial charge on any atom is -0.497 e. The predicted octanol–water partition coefficient (Wildman–Crippen LogP) is 2.39. The minimum atomic E-state index is -1.23. The van der Waals surface area contributed by atoms with Crippen molar-refractivity contribution in [1.29, 1.82) is 0 Å². The average Bonchev–Trinajstić information content (AvgIpc) is 3.46.